The van der Waals surface area contributed by atoms with Gasteiger partial charge in [-0.05, 0) is 44.6 Å². The zero-order valence-corrected chi connectivity index (χ0v) is 13.2. The summed E-state index contributed by atoms with van der Waals surface area (Å²) in [4.78, 5) is 14.8. The first-order valence-electron chi connectivity index (χ1n) is 8.80. The Hall–Kier alpha value is -0.570. The Morgan fingerprint density at radius 1 is 1.15 bits per heavy atom. The quantitative estimate of drug-likeness (QED) is 0.776. The van der Waals surface area contributed by atoms with E-state index >= 15 is 0 Å². The van der Waals surface area contributed by atoms with Crippen LogP contribution in [-0.4, -0.2) is 36.5 Å². The van der Waals surface area contributed by atoms with E-state index in [1.165, 1.54) is 51.4 Å². The number of nitrogens with one attached hydrogen (secondary N) is 1. The molecule has 1 atom stereocenters. The zero-order chi connectivity index (χ0) is 14.2. The first-order chi connectivity index (χ1) is 9.79. The highest BCUT2D eigenvalue weighted by Gasteiger charge is 2.24. The van der Waals surface area contributed by atoms with Crippen molar-refractivity contribution in [3.05, 3.63) is 0 Å². The van der Waals surface area contributed by atoms with Gasteiger partial charge in [-0.2, -0.15) is 0 Å². The summed E-state index contributed by atoms with van der Waals surface area (Å²) in [7, 11) is 0. The van der Waals surface area contributed by atoms with E-state index < -0.39 is 0 Å². The molecule has 0 aromatic rings. The summed E-state index contributed by atoms with van der Waals surface area (Å²) in [6, 6.07) is 0.544. The van der Waals surface area contributed by atoms with E-state index in [1.807, 2.05) is 0 Å². The van der Waals surface area contributed by atoms with Crippen LogP contribution in [0.15, 0.2) is 0 Å². The molecule has 1 amide bonds. The van der Waals surface area contributed by atoms with E-state index in [0.717, 1.165) is 32.5 Å². The van der Waals surface area contributed by atoms with Crippen molar-refractivity contribution in [2.75, 3.05) is 19.6 Å². The number of rotatable bonds is 7. The summed E-state index contributed by atoms with van der Waals surface area (Å²) < 4.78 is 0. The molecule has 1 unspecified atom stereocenters. The molecule has 3 nitrogen and oxygen atoms in total. The fourth-order valence-electron chi connectivity index (χ4n) is 3.61. The molecule has 0 spiro atoms. The molecule has 0 radical (unpaired) electrons. The van der Waals surface area contributed by atoms with Gasteiger partial charge < -0.3 is 10.2 Å². The number of hydrogen-bond acceptors (Lipinski definition) is 2. The van der Waals surface area contributed by atoms with Crippen LogP contribution in [0.2, 0.25) is 0 Å². The Morgan fingerprint density at radius 2 is 1.95 bits per heavy atom. The Kier molecular flexibility index (Phi) is 6.85. The molecule has 3 heteroatoms. The molecule has 1 N–H and O–H groups in total. The van der Waals surface area contributed by atoms with Crippen molar-refractivity contribution in [3.63, 3.8) is 0 Å². The standard InChI is InChI=1S/C17H32N2O/c1-2-3-12-19(14-16-10-7-11-18-16)17(20)13-15-8-5-4-6-9-15/h15-16,18H,2-14H2,1H3. The third-order valence-electron chi connectivity index (χ3n) is 4.93. The van der Waals surface area contributed by atoms with Crippen LogP contribution in [0.3, 0.4) is 0 Å². The molecule has 1 saturated heterocycles. The van der Waals surface area contributed by atoms with E-state index in [1.54, 1.807) is 0 Å². The first-order valence-corrected chi connectivity index (χ1v) is 8.80. The third-order valence-corrected chi connectivity index (χ3v) is 4.93. The summed E-state index contributed by atoms with van der Waals surface area (Å²) in [5.41, 5.74) is 0. The molecule has 20 heavy (non-hydrogen) atoms. The van der Waals surface area contributed by atoms with Crippen molar-refractivity contribution in [2.45, 2.75) is 77.2 Å². The minimum Gasteiger partial charge on any atom is -0.341 e. The zero-order valence-electron chi connectivity index (χ0n) is 13.2. The third kappa shape index (κ3) is 5.08. The maximum absolute atomic E-state index is 12.6. The minimum absolute atomic E-state index is 0.416. The van der Waals surface area contributed by atoms with Gasteiger partial charge in [-0.1, -0.05) is 32.6 Å². The van der Waals surface area contributed by atoms with Gasteiger partial charge >= 0.3 is 0 Å². The van der Waals surface area contributed by atoms with E-state index in [0.29, 0.717) is 17.9 Å². The van der Waals surface area contributed by atoms with Gasteiger partial charge in [0.2, 0.25) is 5.91 Å². The second-order valence-electron chi connectivity index (χ2n) is 6.69. The molecule has 1 aliphatic heterocycles. The molecule has 0 bridgehead atoms. The summed E-state index contributed by atoms with van der Waals surface area (Å²) in [5.74, 6) is 1.08. The fourth-order valence-corrected chi connectivity index (χ4v) is 3.61. The average Bonchev–Trinajstić information content (AvgIpc) is 2.97. The van der Waals surface area contributed by atoms with Crippen molar-refractivity contribution >= 4 is 5.91 Å². The van der Waals surface area contributed by atoms with Crippen LogP contribution in [0.4, 0.5) is 0 Å². The van der Waals surface area contributed by atoms with Crippen LogP contribution in [0, 0.1) is 5.92 Å². The molecule has 1 saturated carbocycles. The lowest BCUT2D eigenvalue weighted by Crippen LogP contribution is -2.42. The minimum atomic E-state index is 0.416. The first kappa shape index (κ1) is 15.8. The van der Waals surface area contributed by atoms with Gasteiger partial charge in [0.1, 0.15) is 0 Å². The van der Waals surface area contributed by atoms with Crippen LogP contribution in [-0.2, 0) is 4.79 Å². The van der Waals surface area contributed by atoms with Crippen molar-refractivity contribution in [1.82, 2.24) is 10.2 Å². The second kappa shape index (κ2) is 8.66. The number of carbonyl (C=O) groups excluding carboxylic acids is 1. The van der Waals surface area contributed by atoms with Gasteiger partial charge in [0.25, 0.3) is 0 Å². The van der Waals surface area contributed by atoms with Gasteiger partial charge in [-0.3, -0.25) is 4.79 Å². The molecule has 2 rings (SSSR count). The Labute approximate surface area is 124 Å². The highest BCUT2D eigenvalue weighted by atomic mass is 16.2. The monoisotopic (exact) mass is 280 g/mol. The van der Waals surface area contributed by atoms with Gasteiger partial charge in [0.15, 0.2) is 0 Å². The van der Waals surface area contributed by atoms with Crippen molar-refractivity contribution < 1.29 is 4.79 Å². The molecule has 2 aliphatic rings. The van der Waals surface area contributed by atoms with Crippen molar-refractivity contribution in [2.24, 2.45) is 5.92 Å². The van der Waals surface area contributed by atoms with Gasteiger partial charge in [0.05, 0.1) is 0 Å². The topological polar surface area (TPSA) is 32.3 Å². The van der Waals surface area contributed by atoms with Crippen LogP contribution in [0.1, 0.15) is 71.1 Å². The molecule has 1 aliphatic carbocycles. The molecular weight excluding hydrogens is 248 g/mol. The summed E-state index contributed by atoms with van der Waals surface area (Å²) >= 11 is 0. The lowest BCUT2D eigenvalue weighted by molar-refractivity contribution is -0.132. The molecule has 1 heterocycles. The van der Waals surface area contributed by atoms with Crippen LogP contribution in [0.5, 0.6) is 0 Å². The summed E-state index contributed by atoms with van der Waals surface area (Å²) in [6.07, 6.45) is 12.2. The maximum atomic E-state index is 12.6. The van der Waals surface area contributed by atoms with Gasteiger partial charge in [0, 0.05) is 25.6 Å². The maximum Gasteiger partial charge on any atom is 0.222 e. The van der Waals surface area contributed by atoms with Crippen molar-refractivity contribution in [1.29, 1.82) is 0 Å². The highest BCUT2D eigenvalue weighted by Crippen LogP contribution is 2.27. The SMILES string of the molecule is CCCCN(CC1CCCN1)C(=O)CC1CCCCC1. The molecule has 0 aromatic heterocycles. The van der Waals surface area contributed by atoms with Crippen LogP contribution < -0.4 is 5.32 Å². The normalized spacial score (nSPS) is 23.9. The summed E-state index contributed by atoms with van der Waals surface area (Å²) in [6.45, 7) is 5.23. The number of unbranched alkanes of at least 4 members (excludes halogenated alkanes) is 1. The van der Waals surface area contributed by atoms with E-state index in [2.05, 4.69) is 17.1 Å². The second-order valence-corrected chi connectivity index (χ2v) is 6.69. The summed E-state index contributed by atoms with van der Waals surface area (Å²) in [5, 5.41) is 3.53. The fraction of sp³-hybridized carbons (Fsp3) is 0.941. The Balaban J connectivity index is 1.81. The van der Waals surface area contributed by atoms with Crippen LogP contribution >= 0.6 is 0 Å². The van der Waals surface area contributed by atoms with E-state index in [9.17, 15) is 4.79 Å². The lowest BCUT2D eigenvalue weighted by Gasteiger charge is -2.29. The number of hydrogen-bond donors (Lipinski definition) is 1. The van der Waals surface area contributed by atoms with E-state index in [4.69, 9.17) is 0 Å². The predicted molar refractivity (Wildman–Crippen MR) is 83.7 cm³/mol. The van der Waals surface area contributed by atoms with Crippen molar-refractivity contribution in [3.8, 4) is 0 Å². The largest absolute Gasteiger partial charge is 0.341 e. The number of carbonyl (C=O) groups is 1. The molecule has 2 fully saturated rings. The Bertz CT molecular complexity index is 281. The van der Waals surface area contributed by atoms with E-state index in [-0.39, 0.29) is 0 Å². The molecule has 116 valence electrons. The number of nitrogens with zero attached hydrogens (tertiary/aromatic N) is 1. The Morgan fingerprint density at radius 3 is 2.60 bits per heavy atom. The molecular formula is C17H32N2O. The molecule has 0 aromatic carbocycles. The lowest BCUT2D eigenvalue weighted by atomic mass is 9.86. The number of amides is 1. The van der Waals surface area contributed by atoms with Gasteiger partial charge in [-0.25, -0.2) is 0 Å². The van der Waals surface area contributed by atoms with Gasteiger partial charge in [-0.15, -0.1) is 0 Å². The predicted octanol–water partition coefficient (Wildman–Crippen LogP) is 3.34. The van der Waals surface area contributed by atoms with Crippen LogP contribution in [0.25, 0.3) is 0 Å². The highest BCUT2D eigenvalue weighted by molar-refractivity contribution is 5.76. The average molecular weight is 280 g/mol. The smallest absolute Gasteiger partial charge is 0.222 e.